The first-order valence-electron chi connectivity index (χ1n) is 7.13. The smallest absolute Gasteiger partial charge is 0.242 e. The highest BCUT2D eigenvalue weighted by Gasteiger charge is 2.67. The normalized spacial score (nSPS) is 24.3. The summed E-state index contributed by atoms with van der Waals surface area (Å²) < 4.78 is 24.2. The standard InChI is InChI=1S/C15H20Cl2N2O3S/c1-10(18-13(20)14(2)9-15(14,16)17)11-5-7-12(8-6-11)23(21,22)19(3)4/h5-8,10H,9H2,1-4H3,(H,18,20)/t10-,14+/m1/s1. The maximum Gasteiger partial charge on any atom is 0.242 e. The van der Waals surface area contributed by atoms with E-state index in [4.69, 9.17) is 23.2 Å². The molecule has 23 heavy (non-hydrogen) atoms. The van der Waals surface area contributed by atoms with Crippen molar-refractivity contribution in [3.8, 4) is 0 Å². The molecule has 0 aliphatic heterocycles. The van der Waals surface area contributed by atoms with Crippen LogP contribution in [0.4, 0.5) is 0 Å². The van der Waals surface area contributed by atoms with Crippen molar-refractivity contribution in [1.29, 1.82) is 0 Å². The number of benzene rings is 1. The molecule has 0 aromatic heterocycles. The van der Waals surface area contributed by atoms with Crippen LogP contribution in [0, 0.1) is 5.41 Å². The van der Waals surface area contributed by atoms with Gasteiger partial charge in [0.05, 0.1) is 16.4 Å². The molecule has 0 spiro atoms. The third-order valence-electron chi connectivity index (χ3n) is 4.27. The van der Waals surface area contributed by atoms with Crippen molar-refractivity contribution in [1.82, 2.24) is 9.62 Å². The summed E-state index contributed by atoms with van der Waals surface area (Å²) in [6.45, 7) is 3.55. The van der Waals surface area contributed by atoms with Gasteiger partial charge in [0, 0.05) is 14.1 Å². The molecule has 2 atom stereocenters. The zero-order valence-corrected chi connectivity index (χ0v) is 15.8. The Labute approximate surface area is 147 Å². The van der Waals surface area contributed by atoms with Gasteiger partial charge in [-0.05, 0) is 38.0 Å². The van der Waals surface area contributed by atoms with Crippen LogP contribution >= 0.6 is 23.2 Å². The van der Waals surface area contributed by atoms with E-state index in [9.17, 15) is 13.2 Å². The summed E-state index contributed by atoms with van der Waals surface area (Å²) in [5, 5.41) is 2.87. The molecule has 0 heterocycles. The third-order valence-corrected chi connectivity index (χ3v) is 7.20. The fraction of sp³-hybridized carbons (Fsp3) is 0.533. The second-order valence-electron chi connectivity index (χ2n) is 6.26. The van der Waals surface area contributed by atoms with E-state index in [0.717, 1.165) is 9.87 Å². The predicted molar refractivity (Wildman–Crippen MR) is 91.0 cm³/mol. The highest BCUT2D eigenvalue weighted by atomic mass is 35.5. The van der Waals surface area contributed by atoms with Crippen LogP contribution in [0.1, 0.15) is 31.9 Å². The van der Waals surface area contributed by atoms with Crippen LogP contribution < -0.4 is 5.32 Å². The summed E-state index contributed by atoms with van der Waals surface area (Å²) in [7, 11) is -0.502. The summed E-state index contributed by atoms with van der Waals surface area (Å²) >= 11 is 12.0. The maximum absolute atomic E-state index is 12.3. The predicted octanol–water partition coefficient (Wildman–Crippen LogP) is 2.70. The number of alkyl halides is 2. The van der Waals surface area contributed by atoms with Crippen LogP contribution in [0.15, 0.2) is 29.2 Å². The van der Waals surface area contributed by atoms with Crippen molar-refractivity contribution in [2.24, 2.45) is 5.41 Å². The number of sulfonamides is 1. The van der Waals surface area contributed by atoms with Gasteiger partial charge in [0.1, 0.15) is 4.33 Å². The van der Waals surface area contributed by atoms with Gasteiger partial charge in [0.15, 0.2) is 0 Å². The second kappa shape index (κ2) is 5.92. The van der Waals surface area contributed by atoms with Crippen molar-refractivity contribution < 1.29 is 13.2 Å². The van der Waals surface area contributed by atoms with Crippen molar-refractivity contribution in [3.05, 3.63) is 29.8 Å². The molecule has 5 nitrogen and oxygen atoms in total. The van der Waals surface area contributed by atoms with Crippen molar-refractivity contribution in [3.63, 3.8) is 0 Å². The molecule has 0 unspecified atom stereocenters. The van der Waals surface area contributed by atoms with Crippen LogP contribution in [-0.2, 0) is 14.8 Å². The minimum atomic E-state index is -3.46. The lowest BCUT2D eigenvalue weighted by Crippen LogP contribution is -2.35. The Kier molecular flexibility index (Phi) is 4.76. The van der Waals surface area contributed by atoms with E-state index in [1.54, 1.807) is 19.1 Å². The van der Waals surface area contributed by atoms with Crippen LogP contribution in [0.2, 0.25) is 0 Å². The first-order chi connectivity index (χ1) is 10.4. The third kappa shape index (κ3) is 3.36. The summed E-state index contributed by atoms with van der Waals surface area (Å²) in [4.78, 5) is 12.5. The van der Waals surface area contributed by atoms with Gasteiger partial charge >= 0.3 is 0 Å². The van der Waals surface area contributed by atoms with E-state index in [1.807, 2.05) is 6.92 Å². The number of hydrogen-bond acceptors (Lipinski definition) is 3. The summed E-state index contributed by atoms with van der Waals surface area (Å²) in [6.07, 6.45) is 0.418. The Morgan fingerprint density at radius 2 is 1.74 bits per heavy atom. The molecule has 0 bridgehead atoms. The number of hydrogen-bond donors (Lipinski definition) is 1. The zero-order valence-electron chi connectivity index (χ0n) is 13.4. The van der Waals surface area contributed by atoms with E-state index in [0.29, 0.717) is 6.42 Å². The summed E-state index contributed by atoms with van der Waals surface area (Å²) in [6, 6.07) is 6.15. The van der Waals surface area contributed by atoms with Crippen LogP contribution in [0.3, 0.4) is 0 Å². The molecular weight excluding hydrogens is 359 g/mol. The molecule has 1 aliphatic carbocycles. The maximum atomic E-state index is 12.3. The minimum absolute atomic E-state index is 0.208. The number of nitrogens with one attached hydrogen (secondary N) is 1. The van der Waals surface area contributed by atoms with Gasteiger partial charge in [-0.1, -0.05) is 12.1 Å². The zero-order chi connectivity index (χ0) is 17.6. The largest absolute Gasteiger partial charge is 0.349 e. The molecule has 1 fully saturated rings. The van der Waals surface area contributed by atoms with Crippen molar-refractivity contribution >= 4 is 39.1 Å². The average molecular weight is 379 g/mol. The van der Waals surface area contributed by atoms with E-state index in [2.05, 4.69) is 5.32 Å². The highest BCUT2D eigenvalue weighted by Crippen LogP contribution is 2.63. The van der Waals surface area contributed by atoms with Gasteiger partial charge in [-0.15, -0.1) is 23.2 Å². The molecule has 1 N–H and O–H groups in total. The van der Waals surface area contributed by atoms with Gasteiger partial charge in [0.2, 0.25) is 15.9 Å². The molecule has 1 saturated carbocycles. The molecule has 0 radical (unpaired) electrons. The van der Waals surface area contributed by atoms with Crippen molar-refractivity contribution in [2.75, 3.05) is 14.1 Å². The highest BCUT2D eigenvalue weighted by molar-refractivity contribution is 7.89. The quantitative estimate of drug-likeness (QED) is 0.800. The number of halogens is 2. The van der Waals surface area contributed by atoms with Crippen LogP contribution in [0.5, 0.6) is 0 Å². The Morgan fingerprint density at radius 1 is 1.26 bits per heavy atom. The van der Waals surface area contributed by atoms with E-state index in [1.165, 1.54) is 26.2 Å². The SMILES string of the molecule is C[C@@H](NC(=O)[C@]1(C)CC1(Cl)Cl)c1ccc(S(=O)(=O)N(C)C)cc1. The van der Waals surface area contributed by atoms with E-state index >= 15 is 0 Å². The van der Waals surface area contributed by atoms with Crippen molar-refractivity contribution in [2.45, 2.75) is 35.5 Å². The Morgan fingerprint density at radius 3 is 2.13 bits per heavy atom. The molecular formula is C15H20Cl2N2O3S. The van der Waals surface area contributed by atoms with Gasteiger partial charge < -0.3 is 5.32 Å². The molecule has 1 aromatic carbocycles. The monoisotopic (exact) mass is 378 g/mol. The Balaban J connectivity index is 2.10. The van der Waals surface area contributed by atoms with Gasteiger partial charge in [-0.3, -0.25) is 4.79 Å². The lowest BCUT2D eigenvalue weighted by molar-refractivity contribution is -0.126. The van der Waals surface area contributed by atoms with Gasteiger partial charge in [0.25, 0.3) is 0 Å². The average Bonchev–Trinajstić information content (AvgIpc) is 2.99. The Bertz CT molecular complexity index is 717. The lowest BCUT2D eigenvalue weighted by atomic mass is 10.1. The first kappa shape index (κ1) is 18.5. The van der Waals surface area contributed by atoms with Crippen LogP contribution in [0.25, 0.3) is 0 Å². The summed E-state index contributed by atoms with van der Waals surface area (Å²) in [5.74, 6) is -0.208. The van der Waals surface area contributed by atoms with E-state index < -0.39 is 19.8 Å². The fourth-order valence-corrected chi connectivity index (χ4v) is 3.83. The molecule has 8 heteroatoms. The Hall–Kier alpha value is -0.820. The van der Waals surface area contributed by atoms with Crippen LogP contribution in [-0.4, -0.2) is 37.1 Å². The molecule has 1 aromatic rings. The molecule has 1 amide bonds. The number of carbonyl (C=O) groups is 1. The van der Waals surface area contributed by atoms with Gasteiger partial charge in [-0.25, -0.2) is 12.7 Å². The topological polar surface area (TPSA) is 66.5 Å². The number of carbonyl (C=O) groups excluding carboxylic acids is 1. The molecule has 1 aliphatic rings. The second-order valence-corrected chi connectivity index (χ2v) is 9.90. The molecule has 128 valence electrons. The first-order valence-corrected chi connectivity index (χ1v) is 9.33. The molecule has 2 rings (SSSR count). The number of nitrogens with zero attached hydrogens (tertiary/aromatic N) is 1. The number of rotatable bonds is 5. The number of amides is 1. The fourth-order valence-electron chi connectivity index (χ4n) is 2.22. The lowest BCUT2D eigenvalue weighted by Gasteiger charge is -2.19. The molecule has 0 saturated heterocycles. The minimum Gasteiger partial charge on any atom is -0.349 e. The van der Waals surface area contributed by atoms with E-state index in [-0.39, 0.29) is 16.8 Å². The summed E-state index contributed by atoms with van der Waals surface area (Å²) in [5.41, 5.74) is 0.0218. The van der Waals surface area contributed by atoms with Gasteiger partial charge in [-0.2, -0.15) is 0 Å².